The Labute approximate surface area is 85.8 Å². The minimum Gasteiger partial charge on any atom is -0.492 e. The minimum atomic E-state index is 0.390. The van der Waals surface area contributed by atoms with Crippen molar-refractivity contribution >= 4 is 27.5 Å². The van der Waals surface area contributed by atoms with Crippen LogP contribution in [0.15, 0.2) is 16.6 Å². The van der Waals surface area contributed by atoms with Gasteiger partial charge >= 0.3 is 0 Å². The molecule has 0 saturated heterocycles. The third-order valence-electron chi connectivity index (χ3n) is 1.54. The van der Waals surface area contributed by atoms with Crippen molar-refractivity contribution in [3.8, 4) is 5.75 Å². The maximum absolute atomic E-state index is 5.99. The number of benzene rings is 1. The molecule has 3 heteroatoms. The van der Waals surface area contributed by atoms with Gasteiger partial charge in [-0.3, -0.25) is 0 Å². The lowest BCUT2D eigenvalue weighted by Gasteiger charge is -2.08. The monoisotopic (exact) mass is 247 g/mol. The predicted molar refractivity (Wildman–Crippen MR) is 54.7 cm³/mol. The first-order chi connectivity index (χ1) is 5.66. The van der Waals surface area contributed by atoms with E-state index in [0.717, 1.165) is 10.0 Å². The van der Waals surface area contributed by atoms with Gasteiger partial charge < -0.3 is 4.74 Å². The highest BCUT2D eigenvalue weighted by Gasteiger charge is 2.06. The van der Waals surface area contributed by atoms with Crippen LogP contribution < -0.4 is 4.74 Å². The first-order valence-electron chi connectivity index (χ1n) is 3.53. The Morgan fingerprint density at radius 3 is 2.83 bits per heavy atom. The summed E-state index contributed by atoms with van der Waals surface area (Å²) in [6.07, 6.45) is 0. The van der Waals surface area contributed by atoms with Crippen molar-refractivity contribution < 1.29 is 4.74 Å². The molecular weight excluding hydrogens is 239 g/mol. The van der Waals surface area contributed by atoms with E-state index in [9.17, 15) is 0 Å². The molecule has 1 nitrogen and oxygen atoms in total. The van der Waals surface area contributed by atoms with Gasteiger partial charge in [0.25, 0.3) is 0 Å². The summed E-state index contributed by atoms with van der Waals surface area (Å²) in [5.74, 6) is 0.687. The average Bonchev–Trinajstić information content (AvgIpc) is 2.07. The van der Waals surface area contributed by atoms with Gasteiger partial charge in [0.1, 0.15) is 5.75 Å². The standard InChI is InChI=1S/C9H9BrClO/c1-3-12-8-5-4-7(10)6(2)9(8)11/h4-5H,1,3H2,2H3. The van der Waals surface area contributed by atoms with Crippen LogP contribution in [0.2, 0.25) is 5.02 Å². The number of rotatable bonds is 2. The Morgan fingerprint density at radius 2 is 2.25 bits per heavy atom. The first kappa shape index (κ1) is 9.87. The molecule has 0 bridgehead atoms. The molecule has 0 spiro atoms. The number of hydrogen-bond donors (Lipinski definition) is 0. The number of hydrogen-bond acceptors (Lipinski definition) is 1. The second-order valence-corrected chi connectivity index (χ2v) is 3.57. The lowest BCUT2D eigenvalue weighted by Crippen LogP contribution is -1.93. The molecule has 0 saturated carbocycles. The Hall–Kier alpha value is -0.210. The van der Waals surface area contributed by atoms with Crippen molar-refractivity contribution in [3.63, 3.8) is 0 Å². The zero-order valence-corrected chi connectivity index (χ0v) is 9.08. The van der Waals surface area contributed by atoms with E-state index in [1.165, 1.54) is 0 Å². The van der Waals surface area contributed by atoms with Crippen LogP contribution >= 0.6 is 27.5 Å². The van der Waals surface area contributed by atoms with Gasteiger partial charge in [-0.2, -0.15) is 0 Å². The average molecular weight is 249 g/mol. The van der Waals surface area contributed by atoms with Gasteiger partial charge in [0, 0.05) is 4.47 Å². The van der Waals surface area contributed by atoms with E-state index in [1.54, 1.807) is 0 Å². The van der Waals surface area contributed by atoms with E-state index < -0.39 is 0 Å². The molecule has 0 fully saturated rings. The van der Waals surface area contributed by atoms with Crippen molar-refractivity contribution in [1.82, 2.24) is 0 Å². The van der Waals surface area contributed by atoms with Gasteiger partial charge in [0.2, 0.25) is 0 Å². The summed E-state index contributed by atoms with van der Waals surface area (Å²) in [7, 11) is 0. The molecule has 65 valence electrons. The molecule has 0 aliphatic rings. The fourth-order valence-corrected chi connectivity index (χ4v) is 1.52. The van der Waals surface area contributed by atoms with Gasteiger partial charge in [-0.05, 0) is 31.5 Å². The molecule has 1 aromatic rings. The molecule has 1 aromatic carbocycles. The Bertz CT molecular complexity index is 286. The second-order valence-electron chi connectivity index (χ2n) is 2.33. The Kier molecular flexibility index (Phi) is 3.41. The van der Waals surface area contributed by atoms with Gasteiger partial charge in [-0.25, -0.2) is 0 Å². The summed E-state index contributed by atoms with van der Waals surface area (Å²) in [6, 6.07) is 3.73. The number of ether oxygens (including phenoxy) is 1. The topological polar surface area (TPSA) is 9.23 Å². The van der Waals surface area contributed by atoms with Crippen LogP contribution in [0.3, 0.4) is 0 Å². The summed E-state index contributed by atoms with van der Waals surface area (Å²) >= 11 is 9.37. The molecule has 0 N–H and O–H groups in total. The Morgan fingerprint density at radius 1 is 1.58 bits per heavy atom. The van der Waals surface area contributed by atoms with Crippen LogP contribution in [0.25, 0.3) is 0 Å². The van der Waals surface area contributed by atoms with E-state index in [0.29, 0.717) is 17.4 Å². The fourth-order valence-electron chi connectivity index (χ4n) is 0.858. The van der Waals surface area contributed by atoms with Gasteiger partial charge in [0.15, 0.2) is 0 Å². The molecule has 0 atom stereocenters. The first-order valence-corrected chi connectivity index (χ1v) is 4.70. The molecule has 12 heavy (non-hydrogen) atoms. The minimum absolute atomic E-state index is 0.390. The van der Waals surface area contributed by atoms with E-state index in [4.69, 9.17) is 16.3 Å². The van der Waals surface area contributed by atoms with E-state index >= 15 is 0 Å². The van der Waals surface area contributed by atoms with Crippen LogP contribution in [0.4, 0.5) is 0 Å². The Balaban J connectivity index is 3.08. The van der Waals surface area contributed by atoms with Crippen LogP contribution in [-0.4, -0.2) is 6.61 Å². The van der Waals surface area contributed by atoms with E-state index in [-0.39, 0.29) is 0 Å². The van der Waals surface area contributed by atoms with Crippen molar-refractivity contribution in [2.75, 3.05) is 6.61 Å². The third kappa shape index (κ3) is 1.93. The zero-order valence-electron chi connectivity index (χ0n) is 6.73. The van der Waals surface area contributed by atoms with Gasteiger partial charge in [-0.15, -0.1) is 0 Å². The van der Waals surface area contributed by atoms with Crippen molar-refractivity contribution in [2.24, 2.45) is 0 Å². The normalized spacial score (nSPS) is 10.0. The summed E-state index contributed by atoms with van der Waals surface area (Å²) < 4.78 is 6.20. The van der Waals surface area contributed by atoms with Crippen molar-refractivity contribution in [2.45, 2.75) is 6.92 Å². The van der Waals surface area contributed by atoms with Crippen LogP contribution in [-0.2, 0) is 0 Å². The molecule has 0 aromatic heterocycles. The van der Waals surface area contributed by atoms with E-state index in [1.807, 2.05) is 19.1 Å². The molecule has 1 radical (unpaired) electrons. The SMILES string of the molecule is [CH2]COc1ccc(Br)c(C)c1Cl. The lowest BCUT2D eigenvalue weighted by atomic mass is 10.2. The van der Waals surface area contributed by atoms with Gasteiger partial charge in [0.05, 0.1) is 11.6 Å². The molecule has 0 unspecified atom stereocenters. The highest BCUT2D eigenvalue weighted by atomic mass is 79.9. The second kappa shape index (κ2) is 4.15. The van der Waals surface area contributed by atoms with Gasteiger partial charge in [-0.1, -0.05) is 27.5 Å². The van der Waals surface area contributed by atoms with Crippen LogP contribution in [0.5, 0.6) is 5.75 Å². The fraction of sp³-hybridized carbons (Fsp3) is 0.222. The largest absolute Gasteiger partial charge is 0.492 e. The predicted octanol–water partition coefficient (Wildman–Crippen LogP) is 3.62. The quantitative estimate of drug-likeness (QED) is 0.777. The highest BCUT2D eigenvalue weighted by Crippen LogP contribution is 2.32. The maximum Gasteiger partial charge on any atom is 0.138 e. The molecule has 0 aliphatic carbocycles. The number of halogens is 2. The summed E-state index contributed by atoms with van der Waals surface area (Å²) in [4.78, 5) is 0. The summed E-state index contributed by atoms with van der Waals surface area (Å²) in [5.41, 5.74) is 0.989. The molecule has 0 aliphatic heterocycles. The third-order valence-corrected chi connectivity index (χ3v) is 2.87. The smallest absolute Gasteiger partial charge is 0.138 e. The van der Waals surface area contributed by atoms with Crippen molar-refractivity contribution in [1.29, 1.82) is 0 Å². The molecule has 0 amide bonds. The lowest BCUT2D eigenvalue weighted by molar-refractivity contribution is 0.361. The highest BCUT2D eigenvalue weighted by molar-refractivity contribution is 9.10. The zero-order chi connectivity index (χ0) is 9.14. The summed E-state index contributed by atoms with van der Waals surface area (Å²) in [5, 5.41) is 0.646. The molecular formula is C9H9BrClO. The molecule has 1 rings (SSSR count). The molecule has 0 heterocycles. The van der Waals surface area contributed by atoms with Crippen LogP contribution in [0, 0.1) is 13.8 Å². The summed E-state index contributed by atoms with van der Waals surface area (Å²) in [6.45, 7) is 5.90. The van der Waals surface area contributed by atoms with E-state index in [2.05, 4.69) is 22.9 Å². The van der Waals surface area contributed by atoms with Crippen molar-refractivity contribution in [3.05, 3.63) is 34.1 Å². The van der Waals surface area contributed by atoms with Crippen LogP contribution in [0.1, 0.15) is 5.56 Å². The maximum atomic E-state index is 5.99.